The molecule has 3 aromatic rings. The lowest BCUT2D eigenvalue weighted by Gasteiger charge is -2.10. The Morgan fingerprint density at radius 2 is 2.15 bits per heavy atom. The maximum atomic E-state index is 13.3. The van der Waals surface area contributed by atoms with Crippen LogP contribution in [0.2, 0.25) is 0 Å². The summed E-state index contributed by atoms with van der Waals surface area (Å²) in [5, 5.41) is 9.68. The van der Waals surface area contributed by atoms with Crippen molar-refractivity contribution < 1.29 is 18.7 Å². The fourth-order valence-electron chi connectivity index (χ4n) is 2.26. The number of furan rings is 1. The molecule has 1 N–H and O–H groups in total. The summed E-state index contributed by atoms with van der Waals surface area (Å²) in [6.07, 6.45) is 1.49. The molecule has 0 fully saturated rings. The fourth-order valence-corrected chi connectivity index (χ4v) is 2.26. The van der Waals surface area contributed by atoms with Crippen LogP contribution in [0.25, 0.3) is 22.4 Å². The molecule has 0 unspecified atom stereocenters. The van der Waals surface area contributed by atoms with Gasteiger partial charge in [-0.1, -0.05) is 0 Å². The van der Waals surface area contributed by atoms with E-state index < -0.39 is 11.8 Å². The SMILES string of the molecule is Cc1c(-c2ccco2)nc2ccc(F)cc2c1C(=O)O. The Morgan fingerprint density at radius 3 is 2.80 bits per heavy atom. The maximum absolute atomic E-state index is 13.3. The third-order valence-corrected chi connectivity index (χ3v) is 3.16. The fraction of sp³-hybridized carbons (Fsp3) is 0.0667. The van der Waals surface area contributed by atoms with Gasteiger partial charge in [-0.2, -0.15) is 0 Å². The Bertz CT molecular complexity index is 810. The van der Waals surface area contributed by atoms with E-state index in [1.807, 2.05) is 0 Å². The summed E-state index contributed by atoms with van der Waals surface area (Å²) >= 11 is 0. The lowest BCUT2D eigenvalue weighted by Crippen LogP contribution is -2.05. The number of hydrogen-bond acceptors (Lipinski definition) is 3. The lowest BCUT2D eigenvalue weighted by molar-refractivity contribution is 0.0698. The summed E-state index contributed by atoms with van der Waals surface area (Å²) in [5.74, 6) is -1.13. The van der Waals surface area contributed by atoms with Crippen LogP contribution >= 0.6 is 0 Å². The average molecular weight is 271 g/mol. The van der Waals surface area contributed by atoms with Crippen LogP contribution in [0.3, 0.4) is 0 Å². The molecular formula is C15H10FNO3. The summed E-state index contributed by atoms with van der Waals surface area (Å²) in [7, 11) is 0. The quantitative estimate of drug-likeness (QED) is 0.772. The molecule has 1 aromatic carbocycles. The van der Waals surface area contributed by atoms with Gasteiger partial charge in [-0.25, -0.2) is 14.2 Å². The van der Waals surface area contributed by atoms with E-state index in [2.05, 4.69) is 4.98 Å². The van der Waals surface area contributed by atoms with Crippen LogP contribution in [0.1, 0.15) is 15.9 Å². The van der Waals surface area contributed by atoms with Crippen LogP contribution in [0.15, 0.2) is 41.0 Å². The standard InChI is InChI=1S/C15H10FNO3/c1-8-13(15(18)19)10-7-9(16)4-5-11(10)17-14(8)12-3-2-6-20-12/h2-7H,1H3,(H,18,19). The Labute approximate surface area is 113 Å². The van der Waals surface area contributed by atoms with Gasteiger partial charge in [-0.15, -0.1) is 0 Å². The van der Waals surface area contributed by atoms with E-state index in [0.717, 1.165) is 0 Å². The van der Waals surface area contributed by atoms with Crippen LogP contribution in [0, 0.1) is 12.7 Å². The van der Waals surface area contributed by atoms with Gasteiger partial charge in [0.2, 0.25) is 0 Å². The first kappa shape index (κ1) is 12.3. The molecule has 0 aliphatic carbocycles. The van der Waals surface area contributed by atoms with Gasteiger partial charge in [0.1, 0.15) is 11.5 Å². The van der Waals surface area contributed by atoms with Crippen LogP contribution < -0.4 is 0 Å². The van der Waals surface area contributed by atoms with Crippen LogP contribution in [0.4, 0.5) is 4.39 Å². The maximum Gasteiger partial charge on any atom is 0.336 e. The lowest BCUT2D eigenvalue weighted by atomic mass is 10.0. The molecule has 0 saturated heterocycles. The zero-order valence-electron chi connectivity index (χ0n) is 10.6. The summed E-state index contributed by atoms with van der Waals surface area (Å²) < 4.78 is 18.6. The summed E-state index contributed by atoms with van der Waals surface area (Å²) in [6.45, 7) is 1.64. The molecule has 2 heterocycles. The second-order valence-electron chi connectivity index (χ2n) is 4.40. The molecule has 0 aliphatic rings. The minimum Gasteiger partial charge on any atom is -0.478 e. The molecule has 4 nitrogen and oxygen atoms in total. The van der Waals surface area contributed by atoms with Crippen LogP contribution in [-0.2, 0) is 0 Å². The van der Waals surface area contributed by atoms with Gasteiger partial charge in [0.25, 0.3) is 0 Å². The van der Waals surface area contributed by atoms with Gasteiger partial charge >= 0.3 is 5.97 Å². The zero-order chi connectivity index (χ0) is 14.3. The second-order valence-corrected chi connectivity index (χ2v) is 4.40. The van der Waals surface area contributed by atoms with Gasteiger partial charge in [0.15, 0.2) is 5.76 Å². The molecule has 0 atom stereocenters. The molecule has 0 aliphatic heterocycles. The number of carboxylic acid groups (broad SMARTS) is 1. The van der Waals surface area contributed by atoms with E-state index in [-0.39, 0.29) is 10.9 Å². The van der Waals surface area contributed by atoms with Gasteiger partial charge < -0.3 is 9.52 Å². The van der Waals surface area contributed by atoms with Gasteiger partial charge in [-0.05, 0) is 42.8 Å². The summed E-state index contributed by atoms with van der Waals surface area (Å²) in [4.78, 5) is 15.9. The highest BCUT2D eigenvalue weighted by molar-refractivity contribution is 6.05. The first-order valence-corrected chi connectivity index (χ1v) is 5.95. The normalized spacial score (nSPS) is 10.9. The number of rotatable bonds is 2. The summed E-state index contributed by atoms with van der Waals surface area (Å²) in [6, 6.07) is 7.30. The van der Waals surface area contributed by atoms with Crippen LogP contribution in [-0.4, -0.2) is 16.1 Å². The molecule has 0 bridgehead atoms. The molecule has 5 heteroatoms. The van der Waals surface area contributed by atoms with E-state index in [1.54, 1.807) is 19.1 Å². The molecule has 0 saturated carbocycles. The number of pyridine rings is 1. The third kappa shape index (κ3) is 1.84. The number of aromatic carboxylic acids is 1. The van der Waals surface area contributed by atoms with E-state index in [9.17, 15) is 14.3 Å². The van der Waals surface area contributed by atoms with Gasteiger partial charge in [-0.3, -0.25) is 0 Å². The van der Waals surface area contributed by atoms with Crippen molar-refractivity contribution in [1.82, 2.24) is 4.98 Å². The van der Waals surface area contributed by atoms with Crippen molar-refractivity contribution in [1.29, 1.82) is 0 Å². The molecular weight excluding hydrogens is 261 g/mol. The minimum atomic E-state index is -1.12. The first-order chi connectivity index (χ1) is 9.58. The minimum absolute atomic E-state index is 0.0425. The highest BCUT2D eigenvalue weighted by Gasteiger charge is 2.19. The number of fused-ring (bicyclic) bond motifs is 1. The van der Waals surface area contributed by atoms with Crippen molar-refractivity contribution in [3.8, 4) is 11.5 Å². The number of halogens is 1. The Morgan fingerprint density at radius 1 is 1.35 bits per heavy atom. The van der Waals surface area contributed by atoms with Crippen molar-refractivity contribution in [2.24, 2.45) is 0 Å². The Balaban J connectivity index is 2.43. The monoisotopic (exact) mass is 271 g/mol. The van der Waals surface area contributed by atoms with E-state index in [4.69, 9.17) is 4.42 Å². The third-order valence-electron chi connectivity index (χ3n) is 3.16. The van der Waals surface area contributed by atoms with Crippen molar-refractivity contribution in [2.45, 2.75) is 6.92 Å². The number of aromatic nitrogens is 1. The smallest absolute Gasteiger partial charge is 0.336 e. The van der Waals surface area contributed by atoms with E-state index >= 15 is 0 Å². The molecule has 0 spiro atoms. The highest BCUT2D eigenvalue weighted by atomic mass is 19.1. The first-order valence-electron chi connectivity index (χ1n) is 5.95. The number of carboxylic acids is 1. The number of benzene rings is 1. The van der Waals surface area contributed by atoms with Crippen LogP contribution in [0.5, 0.6) is 0 Å². The predicted octanol–water partition coefficient (Wildman–Crippen LogP) is 3.64. The Hall–Kier alpha value is -2.69. The van der Waals surface area contributed by atoms with E-state index in [1.165, 1.54) is 24.5 Å². The van der Waals surface area contributed by atoms with Crippen molar-refractivity contribution >= 4 is 16.9 Å². The zero-order valence-corrected chi connectivity index (χ0v) is 10.6. The number of carbonyl (C=O) groups is 1. The number of hydrogen-bond donors (Lipinski definition) is 1. The predicted molar refractivity (Wildman–Crippen MR) is 71.1 cm³/mol. The molecule has 2 aromatic heterocycles. The summed E-state index contributed by atoms with van der Waals surface area (Å²) in [5.41, 5.74) is 1.36. The number of nitrogens with zero attached hydrogens (tertiary/aromatic N) is 1. The van der Waals surface area contributed by atoms with Crippen molar-refractivity contribution in [3.05, 3.63) is 53.5 Å². The largest absolute Gasteiger partial charge is 0.478 e. The second kappa shape index (κ2) is 4.45. The molecule has 0 radical (unpaired) electrons. The molecule has 0 amide bonds. The molecule has 100 valence electrons. The van der Waals surface area contributed by atoms with Crippen molar-refractivity contribution in [3.63, 3.8) is 0 Å². The molecule has 3 rings (SSSR count). The molecule has 20 heavy (non-hydrogen) atoms. The van der Waals surface area contributed by atoms with E-state index in [0.29, 0.717) is 22.5 Å². The topological polar surface area (TPSA) is 63.3 Å². The average Bonchev–Trinajstić information content (AvgIpc) is 2.91. The highest BCUT2D eigenvalue weighted by Crippen LogP contribution is 2.30. The van der Waals surface area contributed by atoms with Crippen molar-refractivity contribution in [2.75, 3.05) is 0 Å². The Kier molecular flexibility index (Phi) is 2.75. The van der Waals surface area contributed by atoms with Gasteiger partial charge in [0, 0.05) is 5.39 Å². The van der Waals surface area contributed by atoms with Gasteiger partial charge in [0.05, 0.1) is 17.3 Å².